The number of H-pyrrole nitrogens is 1. The van der Waals surface area contributed by atoms with Gasteiger partial charge in [0, 0.05) is 23.9 Å². The molecule has 1 fully saturated rings. The minimum absolute atomic E-state index is 0.141. The second-order valence-corrected chi connectivity index (χ2v) is 11.1. The van der Waals surface area contributed by atoms with E-state index in [1.165, 1.54) is 27.9 Å². The SMILES string of the molecule is C=NC(=O)C(C)(CC)CSc1cc(CCN2CCC(C(C)=O)CC2)c(-c2cc(C)cc(C)c2)[nH]1. The van der Waals surface area contributed by atoms with Gasteiger partial charge in [0.1, 0.15) is 5.78 Å². The summed E-state index contributed by atoms with van der Waals surface area (Å²) in [4.78, 5) is 33.9. The van der Waals surface area contributed by atoms with Gasteiger partial charge in [-0.15, -0.1) is 11.8 Å². The molecule has 1 amide bonds. The summed E-state index contributed by atoms with van der Waals surface area (Å²) < 4.78 is 0. The first kappa shape index (κ1) is 26.4. The molecule has 184 valence electrons. The minimum Gasteiger partial charge on any atom is -0.350 e. The highest BCUT2D eigenvalue weighted by atomic mass is 32.2. The Labute approximate surface area is 208 Å². The van der Waals surface area contributed by atoms with Crippen LogP contribution < -0.4 is 0 Å². The van der Waals surface area contributed by atoms with Gasteiger partial charge in [0.25, 0.3) is 5.91 Å². The number of aliphatic imine (C=N–C) groups is 1. The fourth-order valence-electron chi connectivity index (χ4n) is 4.71. The van der Waals surface area contributed by atoms with Crippen LogP contribution in [0.3, 0.4) is 0 Å². The van der Waals surface area contributed by atoms with Crippen molar-refractivity contribution in [3.63, 3.8) is 0 Å². The van der Waals surface area contributed by atoms with Crippen LogP contribution in [0.25, 0.3) is 11.3 Å². The van der Waals surface area contributed by atoms with E-state index < -0.39 is 5.41 Å². The first-order chi connectivity index (χ1) is 16.1. The van der Waals surface area contributed by atoms with Crippen molar-refractivity contribution in [2.45, 2.75) is 65.3 Å². The Morgan fingerprint density at radius 3 is 2.38 bits per heavy atom. The molecule has 0 bridgehead atoms. The number of piperidine rings is 1. The Kier molecular flexibility index (Phi) is 8.94. The molecule has 6 heteroatoms. The third kappa shape index (κ3) is 6.48. The van der Waals surface area contributed by atoms with Crippen LogP contribution in [0.5, 0.6) is 0 Å². The maximum Gasteiger partial charge on any atom is 0.251 e. The van der Waals surface area contributed by atoms with Crippen molar-refractivity contribution < 1.29 is 9.59 Å². The van der Waals surface area contributed by atoms with E-state index in [0.717, 1.165) is 50.3 Å². The number of benzene rings is 1. The maximum atomic E-state index is 12.3. The summed E-state index contributed by atoms with van der Waals surface area (Å²) in [5.41, 5.74) is 5.65. The zero-order chi connectivity index (χ0) is 24.9. The number of carbonyl (C=O) groups is 2. The number of hydrogen-bond donors (Lipinski definition) is 1. The van der Waals surface area contributed by atoms with E-state index >= 15 is 0 Å². The number of amides is 1. The summed E-state index contributed by atoms with van der Waals surface area (Å²) in [5.74, 6) is 1.08. The van der Waals surface area contributed by atoms with Gasteiger partial charge in [0.2, 0.25) is 0 Å². The largest absolute Gasteiger partial charge is 0.350 e. The Hall–Kier alpha value is -2.18. The normalized spacial score (nSPS) is 16.9. The lowest BCUT2D eigenvalue weighted by atomic mass is 9.89. The topological polar surface area (TPSA) is 65.5 Å². The Bertz CT molecular complexity index is 1020. The molecule has 1 aromatic heterocycles. The van der Waals surface area contributed by atoms with E-state index in [-0.39, 0.29) is 11.8 Å². The number of carbonyl (C=O) groups excluding carboxylic acids is 2. The molecule has 2 aromatic rings. The number of hydrogen-bond acceptors (Lipinski definition) is 4. The molecule has 1 atom stereocenters. The summed E-state index contributed by atoms with van der Waals surface area (Å²) in [6.45, 7) is 16.4. The van der Waals surface area contributed by atoms with Gasteiger partial charge >= 0.3 is 0 Å². The second-order valence-electron chi connectivity index (χ2n) is 10.1. The first-order valence-corrected chi connectivity index (χ1v) is 13.3. The lowest BCUT2D eigenvalue weighted by molar-refractivity contribution is -0.125. The van der Waals surface area contributed by atoms with Crippen molar-refractivity contribution >= 4 is 30.2 Å². The molecule has 1 aliphatic rings. The molecule has 3 rings (SSSR count). The van der Waals surface area contributed by atoms with Gasteiger partial charge in [0.05, 0.1) is 10.4 Å². The second kappa shape index (κ2) is 11.5. The highest BCUT2D eigenvalue weighted by molar-refractivity contribution is 7.99. The number of thioether (sulfide) groups is 1. The van der Waals surface area contributed by atoms with Gasteiger partial charge in [-0.1, -0.05) is 24.1 Å². The van der Waals surface area contributed by atoms with Crippen molar-refractivity contribution in [3.8, 4) is 11.3 Å². The third-order valence-corrected chi connectivity index (χ3v) is 8.54. The first-order valence-electron chi connectivity index (χ1n) is 12.3. The summed E-state index contributed by atoms with van der Waals surface area (Å²) >= 11 is 1.68. The molecule has 1 unspecified atom stereocenters. The van der Waals surface area contributed by atoms with E-state index in [9.17, 15) is 9.59 Å². The number of aromatic amines is 1. The lowest BCUT2D eigenvalue weighted by Gasteiger charge is -2.30. The predicted octanol–water partition coefficient (Wildman–Crippen LogP) is 5.88. The van der Waals surface area contributed by atoms with E-state index in [0.29, 0.717) is 11.5 Å². The molecule has 0 radical (unpaired) electrons. The smallest absolute Gasteiger partial charge is 0.251 e. The number of ketones is 1. The molecule has 5 nitrogen and oxygen atoms in total. The van der Waals surface area contributed by atoms with Gasteiger partial charge in [-0.05, 0) is 103 Å². The van der Waals surface area contributed by atoms with Crippen LogP contribution in [0.2, 0.25) is 0 Å². The van der Waals surface area contributed by atoms with Crippen molar-refractivity contribution in [1.29, 1.82) is 0 Å². The van der Waals surface area contributed by atoms with Crippen molar-refractivity contribution in [3.05, 3.63) is 41.0 Å². The zero-order valence-electron chi connectivity index (χ0n) is 21.4. The highest BCUT2D eigenvalue weighted by Gasteiger charge is 2.31. The molecule has 2 heterocycles. The monoisotopic (exact) mass is 481 g/mol. The zero-order valence-corrected chi connectivity index (χ0v) is 22.2. The van der Waals surface area contributed by atoms with Crippen molar-refractivity contribution in [1.82, 2.24) is 9.88 Å². The summed E-state index contributed by atoms with van der Waals surface area (Å²) in [6, 6.07) is 8.91. The maximum absolute atomic E-state index is 12.3. The molecular formula is C28H39N3O2S. The van der Waals surface area contributed by atoms with Crippen LogP contribution in [-0.4, -0.2) is 53.7 Å². The van der Waals surface area contributed by atoms with Crippen molar-refractivity contribution in [2.24, 2.45) is 16.3 Å². The molecule has 1 aromatic carbocycles. The average Bonchev–Trinajstić information content (AvgIpc) is 3.23. The number of rotatable bonds is 10. The van der Waals surface area contributed by atoms with Gasteiger partial charge < -0.3 is 9.88 Å². The molecule has 0 aliphatic carbocycles. The van der Waals surface area contributed by atoms with Crippen LogP contribution in [-0.2, 0) is 16.0 Å². The molecular weight excluding hydrogens is 442 g/mol. The molecule has 1 N–H and O–H groups in total. The Balaban J connectivity index is 1.79. The van der Waals surface area contributed by atoms with E-state index in [1.807, 2.05) is 13.8 Å². The number of nitrogens with one attached hydrogen (secondary N) is 1. The van der Waals surface area contributed by atoms with Gasteiger partial charge in [-0.2, -0.15) is 0 Å². The standard InChI is InChI=1S/C28H39N3O2S/c1-7-28(5,27(33)29-6)18-34-25-17-23(10-13-31-11-8-22(9-12-31)21(4)32)26(30-25)24-15-19(2)14-20(3)16-24/h14-17,22,30H,6-13,18H2,1-5H3. The van der Waals surface area contributed by atoms with Gasteiger partial charge in [-0.25, -0.2) is 4.99 Å². The van der Waals surface area contributed by atoms with E-state index in [1.54, 1.807) is 18.7 Å². The number of Topliss-reactive ketones (excluding diaryl/α,β-unsaturated/α-hetero) is 1. The van der Waals surface area contributed by atoms with Crippen LogP contribution in [0.4, 0.5) is 0 Å². The highest BCUT2D eigenvalue weighted by Crippen LogP contribution is 2.35. The minimum atomic E-state index is -0.515. The predicted molar refractivity (Wildman–Crippen MR) is 143 cm³/mol. The molecule has 1 aliphatic heterocycles. The molecule has 1 saturated heterocycles. The van der Waals surface area contributed by atoms with Gasteiger partial charge in [-0.3, -0.25) is 9.59 Å². The molecule has 0 spiro atoms. The summed E-state index contributed by atoms with van der Waals surface area (Å²) in [5, 5.41) is 1.08. The van der Waals surface area contributed by atoms with E-state index in [4.69, 9.17) is 0 Å². The Morgan fingerprint density at radius 1 is 1.18 bits per heavy atom. The summed E-state index contributed by atoms with van der Waals surface area (Å²) in [7, 11) is 0. The fraction of sp³-hybridized carbons (Fsp3) is 0.536. The lowest BCUT2D eigenvalue weighted by Crippen LogP contribution is -2.36. The van der Waals surface area contributed by atoms with Crippen LogP contribution in [0.1, 0.15) is 56.7 Å². The fourth-order valence-corrected chi connectivity index (χ4v) is 5.91. The quantitative estimate of drug-likeness (QED) is 0.340. The molecule has 0 saturated carbocycles. The number of aryl methyl sites for hydroxylation is 2. The van der Waals surface area contributed by atoms with Crippen LogP contribution in [0.15, 0.2) is 34.3 Å². The average molecular weight is 482 g/mol. The van der Waals surface area contributed by atoms with Crippen molar-refractivity contribution in [2.75, 3.05) is 25.4 Å². The number of likely N-dealkylation sites (tertiary alicyclic amines) is 1. The number of aromatic nitrogens is 1. The van der Waals surface area contributed by atoms with Crippen LogP contribution >= 0.6 is 11.8 Å². The third-order valence-electron chi connectivity index (χ3n) is 7.23. The number of nitrogens with zero attached hydrogens (tertiary/aromatic N) is 2. The Morgan fingerprint density at radius 2 is 1.82 bits per heavy atom. The molecule has 34 heavy (non-hydrogen) atoms. The van der Waals surface area contributed by atoms with E-state index in [2.05, 4.69) is 59.7 Å². The summed E-state index contributed by atoms with van der Waals surface area (Å²) in [6.07, 6.45) is 3.61. The van der Waals surface area contributed by atoms with Crippen LogP contribution in [0, 0.1) is 25.2 Å². The van der Waals surface area contributed by atoms with Gasteiger partial charge in [0.15, 0.2) is 0 Å².